The summed E-state index contributed by atoms with van der Waals surface area (Å²) < 4.78 is 16.3. The molecule has 0 unspecified atom stereocenters. The van der Waals surface area contributed by atoms with Crippen LogP contribution in [0.2, 0.25) is 0 Å². The molecule has 4 rings (SSSR count). The summed E-state index contributed by atoms with van der Waals surface area (Å²) >= 11 is 0. The van der Waals surface area contributed by atoms with Crippen molar-refractivity contribution in [2.24, 2.45) is 0 Å². The predicted octanol–water partition coefficient (Wildman–Crippen LogP) is 0.437. The number of carboxylic acid groups (broad SMARTS) is 1. The molecule has 0 amide bonds. The summed E-state index contributed by atoms with van der Waals surface area (Å²) in [6.45, 7) is 0. The van der Waals surface area contributed by atoms with Crippen LogP contribution in [0, 0.1) is 0 Å². The number of hydrogen-bond donors (Lipinski definition) is 5. The van der Waals surface area contributed by atoms with Crippen molar-refractivity contribution in [1.29, 1.82) is 0 Å². The third-order valence-corrected chi connectivity index (χ3v) is 4.94. The Bertz CT molecular complexity index is 1170. The maximum Gasteiger partial charge on any atom is 0.335 e. The Morgan fingerprint density at radius 1 is 0.968 bits per heavy atom. The molecule has 0 spiro atoms. The van der Waals surface area contributed by atoms with Crippen molar-refractivity contribution in [1.82, 2.24) is 0 Å². The number of aliphatic hydroxyl groups excluding tert-OH is 3. The Hall–Kier alpha value is -3.44. The highest BCUT2D eigenvalue weighted by Crippen LogP contribution is 2.38. The number of hydrogen-bond acceptors (Lipinski definition) is 9. The molecule has 2 aromatic carbocycles. The van der Waals surface area contributed by atoms with Gasteiger partial charge < -0.3 is 39.4 Å². The number of phenolic OH excluding ortho intramolecular Hbond substituents is 1. The number of aromatic hydroxyl groups is 1. The van der Waals surface area contributed by atoms with Gasteiger partial charge in [-0.1, -0.05) is 30.3 Å². The lowest BCUT2D eigenvalue weighted by Gasteiger charge is -2.38. The Balaban J connectivity index is 1.80. The lowest BCUT2D eigenvalue weighted by Crippen LogP contribution is -2.61. The summed E-state index contributed by atoms with van der Waals surface area (Å²) in [7, 11) is 0. The van der Waals surface area contributed by atoms with Gasteiger partial charge in [-0.2, -0.15) is 0 Å². The van der Waals surface area contributed by atoms with E-state index in [1.54, 1.807) is 30.3 Å². The van der Waals surface area contributed by atoms with Crippen LogP contribution in [0.1, 0.15) is 0 Å². The number of aliphatic hydroxyl groups is 3. The molecule has 0 saturated carbocycles. The minimum atomic E-state index is -1.91. The van der Waals surface area contributed by atoms with Gasteiger partial charge in [0.1, 0.15) is 24.1 Å². The fraction of sp³-hybridized carbons (Fsp3) is 0.238. The Labute approximate surface area is 174 Å². The van der Waals surface area contributed by atoms with Gasteiger partial charge in [0.2, 0.25) is 12.0 Å². The van der Waals surface area contributed by atoms with Gasteiger partial charge in [-0.25, -0.2) is 4.79 Å². The minimum Gasteiger partial charge on any atom is -0.504 e. The van der Waals surface area contributed by atoms with Crippen LogP contribution in [0.4, 0.5) is 0 Å². The summed E-state index contributed by atoms with van der Waals surface area (Å²) in [5.74, 6) is -2.29. The van der Waals surface area contributed by atoms with Crippen LogP contribution in [0.3, 0.4) is 0 Å². The van der Waals surface area contributed by atoms with Gasteiger partial charge in [-0.3, -0.25) is 4.79 Å². The van der Waals surface area contributed by atoms with Crippen LogP contribution < -0.4 is 10.2 Å². The standard InChI is InChI=1S/C21H18O10/c22-11-7-6-10-12(23)8-13(9-4-2-1-3-5-9)29-17(10)18(11)30-21-16(26)14(24)15(25)19(31-21)20(27)28/h1-8,14-16,19,21-22,24-26H,(H,27,28)/t14-,15-,16+,19-,21+/m0/s1. The summed E-state index contributed by atoms with van der Waals surface area (Å²) in [4.78, 5) is 23.9. The second-order valence-electron chi connectivity index (χ2n) is 6.98. The average molecular weight is 430 g/mol. The number of fused-ring (bicyclic) bond motifs is 1. The molecule has 5 atom stereocenters. The summed E-state index contributed by atoms with van der Waals surface area (Å²) in [5.41, 5.74) is -0.0298. The molecular formula is C21H18O10. The van der Waals surface area contributed by atoms with Crippen molar-refractivity contribution in [3.8, 4) is 22.8 Å². The van der Waals surface area contributed by atoms with Crippen molar-refractivity contribution >= 4 is 16.9 Å². The Kier molecular flexibility index (Phi) is 5.38. The lowest BCUT2D eigenvalue weighted by molar-refractivity contribution is -0.271. The number of aliphatic carboxylic acids is 1. The zero-order valence-electron chi connectivity index (χ0n) is 15.8. The maximum absolute atomic E-state index is 12.6. The third-order valence-electron chi connectivity index (χ3n) is 4.94. The minimum absolute atomic E-state index is 0.0492. The van der Waals surface area contributed by atoms with Gasteiger partial charge in [0.05, 0.1) is 5.39 Å². The summed E-state index contributed by atoms with van der Waals surface area (Å²) in [6, 6.07) is 12.4. The molecule has 3 aromatic rings. The second-order valence-corrected chi connectivity index (χ2v) is 6.98. The van der Waals surface area contributed by atoms with Crippen LogP contribution in [0.25, 0.3) is 22.3 Å². The van der Waals surface area contributed by atoms with E-state index in [0.717, 1.165) is 6.07 Å². The van der Waals surface area contributed by atoms with E-state index in [1.165, 1.54) is 12.1 Å². The Morgan fingerprint density at radius 2 is 1.68 bits per heavy atom. The van der Waals surface area contributed by atoms with E-state index < -0.39 is 53.6 Å². The second kappa shape index (κ2) is 8.00. The first kappa shape index (κ1) is 20.8. The summed E-state index contributed by atoms with van der Waals surface area (Å²) in [5, 5.41) is 49.5. The van der Waals surface area contributed by atoms with Crippen molar-refractivity contribution in [2.45, 2.75) is 30.7 Å². The van der Waals surface area contributed by atoms with E-state index in [2.05, 4.69) is 0 Å². The number of carboxylic acids is 1. The number of carbonyl (C=O) groups is 1. The van der Waals surface area contributed by atoms with Gasteiger partial charge in [-0.05, 0) is 12.1 Å². The molecule has 1 aliphatic rings. The zero-order chi connectivity index (χ0) is 22.3. The summed E-state index contributed by atoms with van der Waals surface area (Å²) in [6.07, 6.45) is -9.35. The van der Waals surface area contributed by atoms with Gasteiger partial charge in [0.25, 0.3) is 0 Å². The van der Waals surface area contributed by atoms with E-state index in [1.807, 2.05) is 0 Å². The zero-order valence-corrected chi connectivity index (χ0v) is 15.8. The highest BCUT2D eigenvalue weighted by atomic mass is 16.7. The predicted molar refractivity (Wildman–Crippen MR) is 105 cm³/mol. The highest BCUT2D eigenvalue weighted by Gasteiger charge is 2.48. The topological polar surface area (TPSA) is 167 Å². The number of ether oxygens (including phenoxy) is 2. The van der Waals surface area contributed by atoms with E-state index >= 15 is 0 Å². The van der Waals surface area contributed by atoms with E-state index in [0.29, 0.717) is 5.56 Å². The molecule has 5 N–H and O–H groups in total. The van der Waals surface area contributed by atoms with Crippen molar-refractivity contribution in [2.75, 3.05) is 0 Å². The quantitative estimate of drug-likeness (QED) is 0.392. The van der Waals surface area contributed by atoms with E-state index in [4.69, 9.17) is 13.9 Å². The molecule has 10 heteroatoms. The van der Waals surface area contributed by atoms with Crippen LogP contribution in [0.15, 0.2) is 57.7 Å². The third kappa shape index (κ3) is 3.73. The molecule has 31 heavy (non-hydrogen) atoms. The smallest absolute Gasteiger partial charge is 0.335 e. The number of benzene rings is 2. The van der Waals surface area contributed by atoms with Gasteiger partial charge in [0.15, 0.2) is 22.9 Å². The molecule has 1 fully saturated rings. The van der Waals surface area contributed by atoms with E-state index in [-0.39, 0.29) is 16.7 Å². The highest BCUT2D eigenvalue weighted by molar-refractivity contribution is 5.86. The molecule has 0 aliphatic carbocycles. The molecule has 10 nitrogen and oxygen atoms in total. The Morgan fingerprint density at radius 3 is 2.35 bits per heavy atom. The fourth-order valence-corrected chi connectivity index (χ4v) is 3.31. The molecule has 1 aromatic heterocycles. The van der Waals surface area contributed by atoms with E-state index in [9.17, 15) is 35.1 Å². The largest absolute Gasteiger partial charge is 0.504 e. The average Bonchev–Trinajstić information content (AvgIpc) is 2.75. The molecule has 162 valence electrons. The first-order valence-corrected chi connectivity index (χ1v) is 9.22. The molecule has 1 aliphatic heterocycles. The molecule has 1 saturated heterocycles. The normalized spacial score (nSPS) is 26.0. The van der Waals surface area contributed by atoms with Crippen LogP contribution in [-0.2, 0) is 9.53 Å². The molecule has 2 heterocycles. The monoisotopic (exact) mass is 430 g/mol. The fourth-order valence-electron chi connectivity index (χ4n) is 3.31. The molecule has 0 radical (unpaired) electrons. The van der Waals surface area contributed by atoms with Crippen molar-refractivity contribution in [3.05, 3.63) is 58.8 Å². The maximum atomic E-state index is 12.6. The molecular weight excluding hydrogens is 412 g/mol. The lowest BCUT2D eigenvalue weighted by atomic mass is 9.99. The van der Waals surface area contributed by atoms with Crippen LogP contribution >= 0.6 is 0 Å². The first-order chi connectivity index (χ1) is 14.8. The van der Waals surface area contributed by atoms with Crippen LogP contribution in [0.5, 0.6) is 11.5 Å². The van der Waals surface area contributed by atoms with Gasteiger partial charge in [-0.15, -0.1) is 0 Å². The number of phenols is 1. The van der Waals surface area contributed by atoms with Crippen molar-refractivity contribution in [3.63, 3.8) is 0 Å². The van der Waals surface area contributed by atoms with Gasteiger partial charge in [0, 0.05) is 11.6 Å². The number of rotatable bonds is 4. The van der Waals surface area contributed by atoms with Crippen molar-refractivity contribution < 1.29 is 44.2 Å². The first-order valence-electron chi connectivity index (χ1n) is 9.22. The molecule has 0 bridgehead atoms. The van der Waals surface area contributed by atoms with Crippen LogP contribution in [-0.4, -0.2) is 62.2 Å². The van der Waals surface area contributed by atoms with Gasteiger partial charge >= 0.3 is 5.97 Å². The SMILES string of the molecule is O=C(O)[C@H]1O[C@@H](Oc2c(O)ccc3c(=O)cc(-c4ccccc4)oc23)[C@H](O)[C@@H](O)[C@@H]1O.